The molecule has 1 aliphatic carbocycles. The summed E-state index contributed by atoms with van der Waals surface area (Å²) in [5, 5.41) is 23.7. The third-order valence-corrected chi connectivity index (χ3v) is 8.76. The summed E-state index contributed by atoms with van der Waals surface area (Å²) in [4.78, 5) is 39.9. The summed E-state index contributed by atoms with van der Waals surface area (Å²) in [7, 11) is 1.46. The molecule has 0 saturated carbocycles. The largest absolute Gasteiger partial charge is 0.493 e. The number of benzene rings is 1. The lowest BCUT2D eigenvalue weighted by molar-refractivity contribution is -0.139. The number of carbonyl (C=O) groups excluding carboxylic acids is 3. The summed E-state index contributed by atoms with van der Waals surface area (Å²) in [6.45, 7) is 5.39. The topological polar surface area (TPSA) is 135 Å². The Labute approximate surface area is 282 Å². The SMILES string of the molecule is CCCCCCCCCCCC(=O)N(CCCOCC)C1CC(C(=O)NCCO)=CC(Oc2c(I)cc(C=O)cc2OC)C1O. The van der Waals surface area contributed by atoms with Crippen molar-refractivity contribution in [1.82, 2.24) is 10.2 Å². The van der Waals surface area contributed by atoms with E-state index in [4.69, 9.17) is 14.2 Å². The fraction of sp³-hybridized carbons (Fsp3) is 0.676. The van der Waals surface area contributed by atoms with Gasteiger partial charge < -0.3 is 34.6 Å². The second kappa shape index (κ2) is 22.3. The molecule has 0 heterocycles. The zero-order chi connectivity index (χ0) is 33.0. The van der Waals surface area contributed by atoms with E-state index >= 15 is 0 Å². The van der Waals surface area contributed by atoms with E-state index < -0.39 is 24.2 Å². The normalized spacial score (nSPS) is 17.8. The van der Waals surface area contributed by atoms with Crippen molar-refractivity contribution in [2.75, 3.05) is 40.0 Å². The van der Waals surface area contributed by atoms with Crippen LogP contribution in [0.3, 0.4) is 0 Å². The number of rotatable bonds is 23. The van der Waals surface area contributed by atoms with Crippen LogP contribution in [-0.4, -0.2) is 91.5 Å². The van der Waals surface area contributed by atoms with Crippen molar-refractivity contribution in [3.05, 3.63) is 32.9 Å². The highest BCUT2D eigenvalue weighted by atomic mass is 127. The molecule has 10 nitrogen and oxygen atoms in total. The fourth-order valence-corrected chi connectivity index (χ4v) is 6.28. The highest BCUT2D eigenvalue weighted by Crippen LogP contribution is 2.37. The van der Waals surface area contributed by atoms with Crippen LogP contribution in [0.2, 0.25) is 0 Å². The van der Waals surface area contributed by atoms with Crippen molar-refractivity contribution in [3.8, 4) is 11.5 Å². The van der Waals surface area contributed by atoms with Crippen LogP contribution in [0.1, 0.15) is 101 Å². The lowest BCUT2D eigenvalue weighted by Crippen LogP contribution is -2.55. The summed E-state index contributed by atoms with van der Waals surface area (Å²) < 4.78 is 17.9. The Morgan fingerprint density at radius 2 is 1.76 bits per heavy atom. The lowest BCUT2D eigenvalue weighted by atomic mass is 9.87. The number of aliphatic hydroxyl groups excluding tert-OH is 2. The number of amides is 2. The first-order valence-electron chi connectivity index (χ1n) is 16.5. The lowest BCUT2D eigenvalue weighted by Gasteiger charge is -2.41. The zero-order valence-electron chi connectivity index (χ0n) is 27.2. The van der Waals surface area contributed by atoms with Gasteiger partial charge in [-0.1, -0.05) is 58.3 Å². The highest BCUT2D eigenvalue weighted by molar-refractivity contribution is 14.1. The van der Waals surface area contributed by atoms with E-state index in [0.717, 1.165) is 19.3 Å². The number of halogens is 1. The summed E-state index contributed by atoms with van der Waals surface area (Å²) in [5.41, 5.74) is 0.765. The summed E-state index contributed by atoms with van der Waals surface area (Å²) in [6, 6.07) is 2.47. The second-order valence-corrected chi connectivity index (χ2v) is 12.5. The van der Waals surface area contributed by atoms with E-state index in [2.05, 4.69) is 12.2 Å². The molecule has 0 aromatic heterocycles. The Morgan fingerprint density at radius 1 is 1.07 bits per heavy atom. The molecule has 1 aromatic rings. The van der Waals surface area contributed by atoms with Gasteiger partial charge in [0.2, 0.25) is 11.8 Å². The number of aliphatic hydroxyl groups is 2. The molecule has 1 aromatic carbocycles. The zero-order valence-corrected chi connectivity index (χ0v) is 29.4. The average Bonchev–Trinajstić information content (AvgIpc) is 3.04. The van der Waals surface area contributed by atoms with Crippen LogP contribution in [-0.2, 0) is 14.3 Å². The molecular weight excluding hydrogens is 691 g/mol. The summed E-state index contributed by atoms with van der Waals surface area (Å²) >= 11 is 2.03. The predicted octanol–water partition coefficient (Wildman–Crippen LogP) is 5.20. The molecule has 45 heavy (non-hydrogen) atoms. The van der Waals surface area contributed by atoms with Gasteiger partial charge in [-0.2, -0.15) is 0 Å². The smallest absolute Gasteiger partial charge is 0.247 e. The van der Waals surface area contributed by atoms with Gasteiger partial charge in [0, 0.05) is 50.3 Å². The molecule has 2 amide bonds. The average molecular weight is 745 g/mol. The number of carbonyl (C=O) groups is 3. The van der Waals surface area contributed by atoms with E-state index in [-0.39, 0.29) is 25.5 Å². The molecule has 0 saturated heterocycles. The molecule has 3 N–H and O–H groups in total. The number of nitrogens with one attached hydrogen (secondary N) is 1. The van der Waals surface area contributed by atoms with Crippen molar-refractivity contribution in [2.24, 2.45) is 0 Å². The molecule has 0 fully saturated rings. The van der Waals surface area contributed by atoms with E-state index in [1.54, 1.807) is 23.1 Å². The minimum atomic E-state index is -1.15. The van der Waals surface area contributed by atoms with E-state index in [9.17, 15) is 24.6 Å². The van der Waals surface area contributed by atoms with Gasteiger partial charge in [-0.05, 0) is 60.6 Å². The number of ether oxygens (including phenoxy) is 3. The molecule has 1 aliphatic rings. The van der Waals surface area contributed by atoms with Gasteiger partial charge >= 0.3 is 0 Å². The van der Waals surface area contributed by atoms with Crippen molar-refractivity contribution in [3.63, 3.8) is 0 Å². The molecule has 2 rings (SSSR count). The minimum Gasteiger partial charge on any atom is -0.493 e. The standard InChI is InChI=1S/C34H53IN2O8/c1-4-6-7-8-9-10-11-12-13-15-31(40)37(17-14-19-44-5-2)28-22-26(34(42)36-16-18-38)23-29(32(28)41)45-33-27(35)20-25(24-39)21-30(33)43-3/h20-21,23-24,28-29,32,38,41H,4-19,22H2,1-3H3,(H,36,42). The van der Waals surface area contributed by atoms with E-state index in [1.165, 1.54) is 45.6 Å². The first kappa shape index (κ1) is 39.0. The van der Waals surface area contributed by atoms with Gasteiger partial charge in [0.25, 0.3) is 0 Å². The number of nitrogens with zero attached hydrogens (tertiary/aromatic N) is 1. The van der Waals surface area contributed by atoms with Crippen molar-refractivity contribution >= 4 is 40.7 Å². The Bertz CT molecular complexity index is 1080. The Morgan fingerprint density at radius 3 is 2.38 bits per heavy atom. The molecule has 0 spiro atoms. The van der Waals surface area contributed by atoms with Gasteiger partial charge in [-0.3, -0.25) is 14.4 Å². The van der Waals surface area contributed by atoms with Crippen LogP contribution in [0.15, 0.2) is 23.8 Å². The maximum absolute atomic E-state index is 13.7. The molecule has 11 heteroatoms. The number of methoxy groups -OCH3 is 1. The second-order valence-electron chi connectivity index (χ2n) is 11.4. The Balaban J connectivity index is 2.27. The number of hydrogen-bond acceptors (Lipinski definition) is 8. The van der Waals surface area contributed by atoms with E-state index in [1.807, 2.05) is 29.5 Å². The maximum atomic E-state index is 13.7. The number of hydrogen-bond donors (Lipinski definition) is 3. The molecule has 3 unspecified atom stereocenters. The van der Waals surface area contributed by atoms with Crippen LogP contribution in [0.4, 0.5) is 0 Å². The van der Waals surface area contributed by atoms with Gasteiger partial charge in [0.05, 0.1) is 23.3 Å². The van der Waals surface area contributed by atoms with E-state index in [0.29, 0.717) is 65.1 Å². The van der Waals surface area contributed by atoms with Crippen molar-refractivity contribution in [2.45, 2.75) is 109 Å². The monoisotopic (exact) mass is 744 g/mol. The molecular formula is C34H53IN2O8. The van der Waals surface area contributed by atoms with Crippen LogP contribution in [0.25, 0.3) is 0 Å². The van der Waals surface area contributed by atoms with Gasteiger partial charge in [0.15, 0.2) is 11.5 Å². The Hall–Kier alpha value is -2.22. The van der Waals surface area contributed by atoms with Gasteiger partial charge in [-0.25, -0.2) is 0 Å². The van der Waals surface area contributed by atoms with Crippen LogP contribution in [0.5, 0.6) is 11.5 Å². The van der Waals surface area contributed by atoms with Crippen LogP contribution in [0, 0.1) is 3.57 Å². The highest BCUT2D eigenvalue weighted by Gasteiger charge is 2.40. The van der Waals surface area contributed by atoms with Gasteiger partial charge in [0.1, 0.15) is 18.5 Å². The minimum absolute atomic E-state index is 0.0724. The first-order chi connectivity index (χ1) is 21.8. The fourth-order valence-electron chi connectivity index (χ4n) is 5.53. The molecule has 3 atom stereocenters. The molecule has 254 valence electrons. The number of unbranched alkanes of at least 4 members (excludes halogenated alkanes) is 8. The molecule has 0 aliphatic heterocycles. The molecule has 0 bridgehead atoms. The number of aldehydes is 1. The van der Waals surface area contributed by atoms with Crippen LogP contribution < -0.4 is 14.8 Å². The Kier molecular flexibility index (Phi) is 19.3. The molecule has 0 radical (unpaired) electrons. The van der Waals surface area contributed by atoms with Crippen molar-refractivity contribution < 1.29 is 38.8 Å². The quantitative estimate of drug-likeness (QED) is 0.0791. The van der Waals surface area contributed by atoms with Gasteiger partial charge in [-0.15, -0.1) is 0 Å². The third-order valence-electron chi connectivity index (χ3n) is 7.96. The third kappa shape index (κ3) is 13.2. The van der Waals surface area contributed by atoms with Crippen molar-refractivity contribution in [1.29, 1.82) is 0 Å². The summed E-state index contributed by atoms with van der Waals surface area (Å²) in [6.07, 6.45) is 11.5. The summed E-state index contributed by atoms with van der Waals surface area (Å²) in [5.74, 6) is 0.168. The first-order valence-corrected chi connectivity index (χ1v) is 17.5. The predicted molar refractivity (Wildman–Crippen MR) is 183 cm³/mol. The maximum Gasteiger partial charge on any atom is 0.247 e. The van der Waals surface area contributed by atoms with Crippen LogP contribution >= 0.6 is 22.6 Å².